The summed E-state index contributed by atoms with van der Waals surface area (Å²) < 4.78 is 13.1. The van der Waals surface area contributed by atoms with Crippen LogP contribution in [0.4, 0.5) is 4.39 Å². The van der Waals surface area contributed by atoms with Crippen molar-refractivity contribution in [2.24, 2.45) is 0 Å². The molecule has 1 unspecified atom stereocenters. The average molecular weight is 376 g/mol. The number of benzene rings is 1. The number of carbonyl (C=O) groups is 1. The maximum absolute atomic E-state index is 13.1. The van der Waals surface area contributed by atoms with E-state index in [4.69, 9.17) is 0 Å². The standard InChI is InChI=1S/C20H26FN3OS/c1-16(17-5-7-18(21)8-6-17)22(2)20(25)15-24-11-9-23(10-12-24)14-19-4-3-13-26-19/h3-8,13,16H,9-12,14-15H2,1-2H3. The molecule has 2 aromatic rings. The van der Waals surface area contributed by atoms with Crippen LogP contribution < -0.4 is 0 Å². The fourth-order valence-corrected chi connectivity index (χ4v) is 3.96. The zero-order valence-corrected chi connectivity index (χ0v) is 16.2. The topological polar surface area (TPSA) is 26.8 Å². The molecule has 1 aliphatic heterocycles. The van der Waals surface area contributed by atoms with Crippen LogP contribution in [0, 0.1) is 5.82 Å². The van der Waals surface area contributed by atoms with Gasteiger partial charge in [0.15, 0.2) is 0 Å². The van der Waals surface area contributed by atoms with Crippen LogP contribution in [0.2, 0.25) is 0 Å². The van der Waals surface area contributed by atoms with E-state index in [1.54, 1.807) is 28.4 Å². The number of hydrogen-bond donors (Lipinski definition) is 0. The predicted molar refractivity (Wildman–Crippen MR) is 104 cm³/mol. The summed E-state index contributed by atoms with van der Waals surface area (Å²) in [6.07, 6.45) is 0. The molecule has 1 saturated heterocycles. The summed E-state index contributed by atoms with van der Waals surface area (Å²) in [5.41, 5.74) is 0.947. The van der Waals surface area contributed by atoms with Gasteiger partial charge in [0, 0.05) is 44.6 Å². The molecule has 0 aliphatic carbocycles. The van der Waals surface area contributed by atoms with Gasteiger partial charge in [-0.1, -0.05) is 18.2 Å². The molecule has 1 atom stereocenters. The van der Waals surface area contributed by atoms with Crippen LogP contribution >= 0.6 is 11.3 Å². The highest BCUT2D eigenvalue weighted by Gasteiger charge is 2.23. The van der Waals surface area contributed by atoms with Crippen LogP contribution in [0.3, 0.4) is 0 Å². The Labute approximate surface area is 158 Å². The highest BCUT2D eigenvalue weighted by molar-refractivity contribution is 7.09. The molecule has 2 heterocycles. The molecule has 3 rings (SSSR count). The molecular formula is C20H26FN3OS. The smallest absolute Gasteiger partial charge is 0.236 e. The zero-order valence-electron chi connectivity index (χ0n) is 15.4. The molecular weight excluding hydrogens is 349 g/mol. The van der Waals surface area contributed by atoms with E-state index in [0.29, 0.717) is 6.54 Å². The third-order valence-electron chi connectivity index (χ3n) is 5.11. The van der Waals surface area contributed by atoms with Crippen molar-refractivity contribution in [2.75, 3.05) is 39.8 Å². The van der Waals surface area contributed by atoms with Crippen molar-refractivity contribution in [1.29, 1.82) is 0 Å². The first-order valence-electron chi connectivity index (χ1n) is 9.01. The molecule has 1 amide bonds. The first-order chi connectivity index (χ1) is 12.5. The Morgan fingerprint density at radius 1 is 1.15 bits per heavy atom. The summed E-state index contributed by atoms with van der Waals surface area (Å²) in [4.78, 5) is 20.4. The van der Waals surface area contributed by atoms with Gasteiger partial charge in [0.2, 0.25) is 5.91 Å². The molecule has 0 radical (unpaired) electrons. The van der Waals surface area contributed by atoms with E-state index in [0.717, 1.165) is 38.3 Å². The number of carbonyl (C=O) groups excluding carboxylic acids is 1. The molecule has 4 nitrogen and oxygen atoms in total. The molecule has 0 N–H and O–H groups in total. The van der Waals surface area contributed by atoms with E-state index in [-0.39, 0.29) is 17.8 Å². The monoisotopic (exact) mass is 375 g/mol. The third kappa shape index (κ3) is 4.90. The first-order valence-corrected chi connectivity index (χ1v) is 9.89. The lowest BCUT2D eigenvalue weighted by molar-refractivity contribution is -0.133. The number of halogens is 1. The molecule has 6 heteroatoms. The second-order valence-corrected chi connectivity index (χ2v) is 7.90. The highest BCUT2D eigenvalue weighted by Crippen LogP contribution is 2.19. The summed E-state index contributed by atoms with van der Waals surface area (Å²) in [6, 6.07) is 10.6. The van der Waals surface area contributed by atoms with E-state index >= 15 is 0 Å². The van der Waals surface area contributed by atoms with E-state index in [9.17, 15) is 9.18 Å². The minimum absolute atomic E-state index is 0.0665. The normalized spacial score (nSPS) is 17.2. The highest BCUT2D eigenvalue weighted by atomic mass is 32.1. The summed E-state index contributed by atoms with van der Waals surface area (Å²) >= 11 is 1.79. The summed E-state index contributed by atoms with van der Waals surface area (Å²) in [7, 11) is 1.82. The van der Waals surface area contributed by atoms with Gasteiger partial charge in [-0.3, -0.25) is 14.6 Å². The van der Waals surface area contributed by atoms with E-state index < -0.39 is 0 Å². The van der Waals surface area contributed by atoms with Gasteiger partial charge in [0.1, 0.15) is 5.82 Å². The minimum atomic E-state index is -0.254. The Hall–Kier alpha value is -1.76. The maximum atomic E-state index is 13.1. The maximum Gasteiger partial charge on any atom is 0.236 e. The SMILES string of the molecule is CC(c1ccc(F)cc1)N(C)C(=O)CN1CCN(Cc2cccs2)CC1. The Kier molecular flexibility index (Phi) is 6.40. The van der Waals surface area contributed by atoms with Gasteiger partial charge in [-0.15, -0.1) is 11.3 Å². The van der Waals surface area contributed by atoms with E-state index in [1.807, 2.05) is 14.0 Å². The molecule has 1 aromatic heterocycles. The molecule has 1 aromatic carbocycles. The molecule has 0 bridgehead atoms. The third-order valence-corrected chi connectivity index (χ3v) is 5.97. The van der Waals surface area contributed by atoms with E-state index in [2.05, 4.69) is 27.3 Å². The van der Waals surface area contributed by atoms with Crippen molar-refractivity contribution in [3.63, 3.8) is 0 Å². The first kappa shape index (κ1) is 19.0. The number of thiophene rings is 1. The lowest BCUT2D eigenvalue weighted by atomic mass is 10.1. The van der Waals surface area contributed by atoms with Crippen molar-refractivity contribution in [2.45, 2.75) is 19.5 Å². The van der Waals surface area contributed by atoms with Crippen molar-refractivity contribution < 1.29 is 9.18 Å². The van der Waals surface area contributed by atoms with Gasteiger partial charge in [-0.25, -0.2) is 4.39 Å². The van der Waals surface area contributed by atoms with Gasteiger partial charge >= 0.3 is 0 Å². The van der Waals surface area contributed by atoms with Crippen LogP contribution in [0.5, 0.6) is 0 Å². The Morgan fingerprint density at radius 3 is 2.42 bits per heavy atom. The summed E-state index contributed by atoms with van der Waals surface area (Å²) in [6.45, 7) is 7.22. The van der Waals surface area contributed by atoms with Crippen LogP contribution in [-0.4, -0.2) is 60.4 Å². The lowest BCUT2D eigenvalue weighted by Gasteiger charge is -2.35. The number of amides is 1. The fourth-order valence-electron chi connectivity index (χ4n) is 3.21. The molecule has 1 aliphatic rings. The second kappa shape index (κ2) is 8.75. The predicted octanol–water partition coefficient (Wildman–Crippen LogP) is 3.22. The van der Waals surface area contributed by atoms with Crippen molar-refractivity contribution in [3.05, 3.63) is 58.0 Å². The van der Waals surface area contributed by atoms with Crippen molar-refractivity contribution in [3.8, 4) is 0 Å². The van der Waals surface area contributed by atoms with Crippen LogP contribution in [0.25, 0.3) is 0 Å². The van der Waals surface area contributed by atoms with Gasteiger partial charge in [0.05, 0.1) is 12.6 Å². The molecule has 0 spiro atoms. The van der Waals surface area contributed by atoms with Crippen LogP contribution in [0.15, 0.2) is 41.8 Å². The van der Waals surface area contributed by atoms with Gasteiger partial charge in [0.25, 0.3) is 0 Å². The molecule has 1 fully saturated rings. The zero-order chi connectivity index (χ0) is 18.5. The summed E-state index contributed by atoms with van der Waals surface area (Å²) in [5.74, 6) is -0.149. The molecule has 140 valence electrons. The van der Waals surface area contributed by atoms with Gasteiger partial charge < -0.3 is 4.90 Å². The minimum Gasteiger partial charge on any atom is -0.338 e. The van der Waals surface area contributed by atoms with Crippen LogP contribution in [-0.2, 0) is 11.3 Å². The van der Waals surface area contributed by atoms with E-state index in [1.165, 1.54) is 17.0 Å². The van der Waals surface area contributed by atoms with Gasteiger partial charge in [-0.2, -0.15) is 0 Å². The Bertz CT molecular complexity index is 696. The van der Waals surface area contributed by atoms with Crippen molar-refractivity contribution in [1.82, 2.24) is 14.7 Å². The number of nitrogens with zero attached hydrogens (tertiary/aromatic N) is 3. The summed E-state index contributed by atoms with van der Waals surface area (Å²) in [5, 5.41) is 2.11. The molecule has 0 saturated carbocycles. The quantitative estimate of drug-likeness (QED) is 0.776. The number of piperazine rings is 1. The average Bonchev–Trinajstić information content (AvgIpc) is 3.16. The number of rotatable bonds is 6. The molecule has 26 heavy (non-hydrogen) atoms. The number of hydrogen-bond acceptors (Lipinski definition) is 4. The van der Waals surface area contributed by atoms with Crippen LogP contribution in [0.1, 0.15) is 23.4 Å². The largest absolute Gasteiger partial charge is 0.338 e. The Morgan fingerprint density at radius 2 is 1.81 bits per heavy atom. The second-order valence-electron chi connectivity index (χ2n) is 6.86. The number of likely N-dealkylation sites (N-methyl/N-ethyl adjacent to an activating group) is 1. The van der Waals surface area contributed by atoms with Gasteiger partial charge in [-0.05, 0) is 36.1 Å². The fraction of sp³-hybridized carbons (Fsp3) is 0.450. The lowest BCUT2D eigenvalue weighted by Crippen LogP contribution is -2.49. The van der Waals surface area contributed by atoms with Crippen molar-refractivity contribution >= 4 is 17.2 Å². The Balaban J connectivity index is 1.46.